The van der Waals surface area contributed by atoms with E-state index in [1.54, 1.807) is 0 Å². The van der Waals surface area contributed by atoms with Gasteiger partial charge in [-0.2, -0.15) is 5.26 Å². The summed E-state index contributed by atoms with van der Waals surface area (Å²) in [5.41, 5.74) is 0.527. The van der Waals surface area contributed by atoms with Crippen molar-refractivity contribution in [1.82, 2.24) is 4.98 Å². The second-order valence-corrected chi connectivity index (χ2v) is 2.25. The van der Waals surface area contributed by atoms with E-state index in [-0.39, 0.29) is 12.1 Å². The number of pyridine rings is 1. The third-order valence-corrected chi connectivity index (χ3v) is 1.48. The molecule has 5 heteroatoms. The van der Waals surface area contributed by atoms with Crippen LogP contribution in [-0.4, -0.2) is 12.1 Å². The van der Waals surface area contributed by atoms with E-state index in [2.05, 4.69) is 10.2 Å². The molecule has 13 heavy (non-hydrogen) atoms. The number of hydrogen-bond donors (Lipinski definition) is 0. The van der Waals surface area contributed by atoms with E-state index >= 15 is 0 Å². The molecule has 0 bridgehead atoms. The minimum atomic E-state index is 0.0538. The Bertz CT molecular complexity index is 357. The maximum atomic E-state index is 10.3. The Kier molecular flexibility index (Phi) is 2.92. The Morgan fingerprint density at radius 1 is 1.69 bits per heavy atom. The molecule has 0 saturated carbocycles. The maximum absolute atomic E-state index is 10.3. The number of nitroso groups, excluding NO2 is 1. The summed E-state index contributed by atoms with van der Waals surface area (Å²) in [4.78, 5) is 14.2. The minimum absolute atomic E-state index is 0.0538. The summed E-state index contributed by atoms with van der Waals surface area (Å²) >= 11 is 0. The molecule has 0 aliphatic carbocycles. The first-order chi connectivity index (χ1) is 6.31. The third-order valence-electron chi connectivity index (χ3n) is 1.48. The predicted molar refractivity (Wildman–Crippen MR) is 45.6 cm³/mol. The van der Waals surface area contributed by atoms with Crippen LogP contribution in [0.25, 0.3) is 0 Å². The van der Waals surface area contributed by atoms with Crippen molar-refractivity contribution in [3.63, 3.8) is 0 Å². The van der Waals surface area contributed by atoms with Crippen LogP contribution in [0.5, 0.6) is 5.88 Å². The molecule has 0 spiro atoms. The molecule has 1 aromatic heterocycles. The lowest BCUT2D eigenvalue weighted by molar-refractivity contribution is 0.397. The Balaban J connectivity index is 3.11. The first-order valence-corrected chi connectivity index (χ1v) is 3.56. The van der Waals surface area contributed by atoms with Gasteiger partial charge in [-0.1, -0.05) is 0 Å². The van der Waals surface area contributed by atoms with Gasteiger partial charge in [-0.05, 0) is 11.2 Å². The van der Waals surface area contributed by atoms with Crippen molar-refractivity contribution in [2.24, 2.45) is 5.18 Å². The molecule has 66 valence electrons. The first-order valence-electron chi connectivity index (χ1n) is 3.56. The minimum Gasteiger partial charge on any atom is -0.481 e. The van der Waals surface area contributed by atoms with Gasteiger partial charge in [0.1, 0.15) is 5.69 Å². The highest BCUT2D eigenvalue weighted by Crippen LogP contribution is 2.20. The standard InChI is InChI=1S/C8H7N3O2/c1-13-8-3-2-7(11-12)6(10-8)4-5-9/h2-3H,4H2,1H3. The van der Waals surface area contributed by atoms with Gasteiger partial charge in [0, 0.05) is 6.07 Å². The number of nitriles is 1. The highest BCUT2D eigenvalue weighted by atomic mass is 16.5. The third kappa shape index (κ3) is 1.99. The molecule has 0 unspecified atom stereocenters. The van der Waals surface area contributed by atoms with Crippen LogP contribution in [-0.2, 0) is 6.42 Å². The Morgan fingerprint density at radius 3 is 3.00 bits per heavy atom. The molecule has 0 amide bonds. The van der Waals surface area contributed by atoms with E-state index in [1.807, 2.05) is 6.07 Å². The van der Waals surface area contributed by atoms with Gasteiger partial charge in [-0.25, -0.2) is 4.98 Å². The molecule has 5 nitrogen and oxygen atoms in total. The van der Waals surface area contributed by atoms with Gasteiger partial charge in [0.15, 0.2) is 0 Å². The summed E-state index contributed by atoms with van der Waals surface area (Å²) in [6, 6.07) is 4.90. The van der Waals surface area contributed by atoms with Gasteiger partial charge in [0.2, 0.25) is 5.88 Å². The van der Waals surface area contributed by atoms with Gasteiger partial charge >= 0.3 is 0 Å². The van der Waals surface area contributed by atoms with Crippen molar-refractivity contribution >= 4 is 5.69 Å². The normalized spacial score (nSPS) is 8.92. The Morgan fingerprint density at radius 2 is 2.46 bits per heavy atom. The highest BCUT2D eigenvalue weighted by molar-refractivity contribution is 5.44. The number of nitrogens with zero attached hydrogens (tertiary/aromatic N) is 3. The Hall–Kier alpha value is -1.96. The van der Waals surface area contributed by atoms with Gasteiger partial charge in [-0.15, -0.1) is 4.91 Å². The van der Waals surface area contributed by atoms with Crippen LogP contribution in [0.4, 0.5) is 5.69 Å². The monoisotopic (exact) mass is 177 g/mol. The zero-order chi connectivity index (χ0) is 9.68. The predicted octanol–water partition coefficient (Wildman–Crippen LogP) is 1.55. The topological polar surface area (TPSA) is 75.3 Å². The summed E-state index contributed by atoms with van der Waals surface area (Å²) < 4.78 is 4.84. The number of ether oxygens (including phenoxy) is 1. The van der Waals surface area contributed by atoms with E-state index < -0.39 is 0 Å². The SMILES string of the molecule is COc1ccc(N=O)c(CC#N)n1. The van der Waals surface area contributed by atoms with Crippen LogP contribution in [0.2, 0.25) is 0 Å². The van der Waals surface area contributed by atoms with Crippen LogP contribution in [0.15, 0.2) is 17.3 Å². The second-order valence-electron chi connectivity index (χ2n) is 2.25. The second kappa shape index (κ2) is 4.16. The zero-order valence-corrected chi connectivity index (χ0v) is 7.02. The molecule has 0 fully saturated rings. The quantitative estimate of drug-likeness (QED) is 0.656. The molecule has 1 aromatic rings. The van der Waals surface area contributed by atoms with Crippen LogP contribution in [0, 0.1) is 16.2 Å². The van der Waals surface area contributed by atoms with Crippen molar-refractivity contribution in [1.29, 1.82) is 5.26 Å². The summed E-state index contributed by atoms with van der Waals surface area (Å²) in [6.45, 7) is 0. The fourth-order valence-electron chi connectivity index (χ4n) is 0.876. The van der Waals surface area contributed by atoms with E-state index in [1.165, 1.54) is 19.2 Å². The Labute approximate surface area is 74.9 Å². The van der Waals surface area contributed by atoms with E-state index in [0.717, 1.165) is 0 Å². The van der Waals surface area contributed by atoms with Gasteiger partial charge in [-0.3, -0.25) is 0 Å². The maximum Gasteiger partial charge on any atom is 0.213 e. The van der Waals surface area contributed by atoms with E-state index in [4.69, 9.17) is 10.00 Å². The van der Waals surface area contributed by atoms with Gasteiger partial charge in [0.05, 0.1) is 25.3 Å². The number of methoxy groups -OCH3 is 1. The molecule has 0 radical (unpaired) electrons. The number of aromatic nitrogens is 1. The molecule has 1 heterocycles. The molecular formula is C8H7N3O2. The smallest absolute Gasteiger partial charge is 0.213 e. The molecule has 1 rings (SSSR count). The summed E-state index contributed by atoms with van der Waals surface area (Å²) in [7, 11) is 1.46. The van der Waals surface area contributed by atoms with Crippen LogP contribution in [0.3, 0.4) is 0 Å². The summed E-state index contributed by atoms with van der Waals surface area (Å²) in [5.74, 6) is 0.373. The molecule has 0 N–H and O–H groups in total. The molecule has 0 aliphatic rings. The fraction of sp³-hybridized carbons (Fsp3) is 0.250. The number of hydrogen-bond acceptors (Lipinski definition) is 5. The highest BCUT2D eigenvalue weighted by Gasteiger charge is 2.05. The van der Waals surface area contributed by atoms with Crippen LogP contribution >= 0.6 is 0 Å². The lowest BCUT2D eigenvalue weighted by Crippen LogP contribution is -1.93. The molecule has 0 aliphatic heterocycles. The molecule has 0 atom stereocenters. The average molecular weight is 177 g/mol. The van der Waals surface area contributed by atoms with Crippen molar-refractivity contribution in [2.45, 2.75) is 6.42 Å². The lowest BCUT2D eigenvalue weighted by atomic mass is 10.2. The van der Waals surface area contributed by atoms with E-state index in [9.17, 15) is 4.91 Å². The van der Waals surface area contributed by atoms with Crippen molar-refractivity contribution in [2.75, 3.05) is 7.11 Å². The zero-order valence-electron chi connectivity index (χ0n) is 7.02. The molecule has 0 aromatic carbocycles. The van der Waals surface area contributed by atoms with Gasteiger partial charge in [0.25, 0.3) is 0 Å². The fourth-order valence-corrected chi connectivity index (χ4v) is 0.876. The lowest BCUT2D eigenvalue weighted by Gasteiger charge is -2.01. The average Bonchev–Trinajstić information content (AvgIpc) is 2.18. The van der Waals surface area contributed by atoms with Crippen molar-refractivity contribution in [3.8, 4) is 11.9 Å². The summed E-state index contributed by atoms with van der Waals surface area (Å²) in [5, 5.41) is 11.2. The summed E-state index contributed by atoms with van der Waals surface area (Å²) in [6.07, 6.45) is 0.0538. The first kappa shape index (κ1) is 9.13. The van der Waals surface area contributed by atoms with Crippen LogP contribution in [0.1, 0.15) is 5.69 Å². The van der Waals surface area contributed by atoms with Crippen LogP contribution < -0.4 is 4.74 Å². The van der Waals surface area contributed by atoms with E-state index in [0.29, 0.717) is 11.6 Å². The number of rotatable bonds is 3. The largest absolute Gasteiger partial charge is 0.481 e. The molecular weight excluding hydrogens is 170 g/mol. The van der Waals surface area contributed by atoms with Gasteiger partial charge < -0.3 is 4.74 Å². The van der Waals surface area contributed by atoms with Crippen molar-refractivity contribution in [3.05, 3.63) is 22.7 Å². The molecule has 0 saturated heterocycles. The van der Waals surface area contributed by atoms with Crippen molar-refractivity contribution < 1.29 is 4.74 Å².